The monoisotopic (exact) mass is 172 g/mol. The molecule has 1 aromatic heterocycles. The number of nitrogens with zero attached hydrogens (tertiary/aromatic N) is 2. The largest absolute Gasteiger partial charge is 0.326 e. The van der Waals surface area contributed by atoms with Gasteiger partial charge in [-0.25, -0.2) is 0 Å². The Balaban J connectivity index is 2.46. The highest BCUT2D eigenvalue weighted by Crippen LogP contribution is 2.07. The Morgan fingerprint density at radius 1 is 1.38 bits per heavy atom. The van der Waals surface area contributed by atoms with Crippen molar-refractivity contribution in [3.05, 3.63) is 48.5 Å². The number of aromatic nitrogens is 2. The van der Waals surface area contributed by atoms with Gasteiger partial charge in [0.1, 0.15) is 0 Å². The summed E-state index contributed by atoms with van der Waals surface area (Å²) in [7, 11) is 1.96. The molecule has 13 heavy (non-hydrogen) atoms. The molecule has 2 rings (SSSR count). The summed E-state index contributed by atoms with van der Waals surface area (Å²) in [5, 5.41) is 0. The van der Waals surface area contributed by atoms with Gasteiger partial charge in [0, 0.05) is 12.4 Å². The van der Waals surface area contributed by atoms with Crippen molar-refractivity contribution in [2.24, 2.45) is 7.05 Å². The predicted octanol–water partition coefficient (Wildman–Crippen LogP) is 1.41. The molecule has 0 amide bonds. The van der Waals surface area contributed by atoms with Gasteiger partial charge in [-0.05, 0) is 6.92 Å². The Morgan fingerprint density at radius 3 is 2.85 bits per heavy atom. The third kappa shape index (κ3) is 1.61. The molecule has 0 saturated carbocycles. The Bertz CT molecular complexity index is 416. The molecular formula is C11H12N2. The number of hydrogen-bond donors (Lipinski definition) is 0. The number of aryl methyl sites for hydroxylation is 2. The van der Waals surface area contributed by atoms with Crippen LogP contribution in [0.3, 0.4) is 0 Å². The standard InChI is InChI=1S/C11H12N2/c1-10-4-3-5-11(8-10)13-7-6-12(2)9-13/h3-8H,1-2H3. The number of imidazole rings is 1. The maximum Gasteiger partial charge on any atom is 0.243 e. The highest BCUT2D eigenvalue weighted by molar-refractivity contribution is 5.34. The lowest BCUT2D eigenvalue weighted by Crippen LogP contribution is -2.24. The molecule has 1 aromatic carbocycles. The minimum absolute atomic E-state index is 1.15. The van der Waals surface area contributed by atoms with Gasteiger partial charge in [-0.2, -0.15) is 0 Å². The van der Waals surface area contributed by atoms with Crippen LogP contribution >= 0.6 is 0 Å². The van der Waals surface area contributed by atoms with E-state index in [-0.39, 0.29) is 0 Å². The smallest absolute Gasteiger partial charge is 0.243 e. The summed E-state index contributed by atoms with van der Waals surface area (Å²) in [4.78, 5) is 0. The fraction of sp³-hybridized carbons (Fsp3) is 0.182. The molecule has 0 N–H and O–H groups in total. The molecule has 0 spiro atoms. The fourth-order valence-corrected chi connectivity index (χ4v) is 1.32. The van der Waals surface area contributed by atoms with Crippen LogP contribution in [0, 0.1) is 13.3 Å². The summed E-state index contributed by atoms with van der Waals surface area (Å²) in [6, 6.07) is 8.35. The van der Waals surface area contributed by atoms with Gasteiger partial charge in [-0.1, -0.05) is 29.8 Å². The zero-order chi connectivity index (χ0) is 9.26. The van der Waals surface area contributed by atoms with E-state index in [1.165, 1.54) is 5.56 Å². The van der Waals surface area contributed by atoms with Crippen LogP contribution in [-0.2, 0) is 7.05 Å². The molecular weight excluding hydrogens is 160 g/mol. The summed E-state index contributed by atoms with van der Waals surface area (Å²) in [6.45, 7) is 2.09. The maximum atomic E-state index is 3.15. The van der Waals surface area contributed by atoms with Crippen molar-refractivity contribution in [3.63, 3.8) is 0 Å². The van der Waals surface area contributed by atoms with Crippen molar-refractivity contribution >= 4 is 0 Å². The van der Waals surface area contributed by atoms with Crippen molar-refractivity contribution in [3.8, 4) is 5.69 Å². The molecule has 0 aliphatic heterocycles. The topological polar surface area (TPSA) is 8.81 Å². The van der Waals surface area contributed by atoms with E-state index in [1.807, 2.05) is 28.6 Å². The van der Waals surface area contributed by atoms with Crippen LogP contribution in [0.4, 0.5) is 0 Å². The third-order valence-corrected chi connectivity index (χ3v) is 1.98. The van der Waals surface area contributed by atoms with E-state index < -0.39 is 0 Å². The quantitative estimate of drug-likeness (QED) is 0.454. The molecule has 0 bridgehead atoms. The van der Waals surface area contributed by atoms with Crippen LogP contribution in [0.1, 0.15) is 5.56 Å². The Kier molecular flexibility index (Phi) is 1.89. The van der Waals surface area contributed by atoms with Gasteiger partial charge in [0.2, 0.25) is 6.33 Å². The molecule has 0 aliphatic carbocycles. The normalized spacial score (nSPS) is 10.3. The molecule has 0 radical (unpaired) electrons. The molecule has 0 fully saturated rings. The van der Waals surface area contributed by atoms with E-state index in [1.54, 1.807) is 0 Å². The minimum Gasteiger partial charge on any atom is -0.326 e. The fourth-order valence-electron chi connectivity index (χ4n) is 1.32. The highest BCUT2D eigenvalue weighted by Gasteiger charge is 1.95. The highest BCUT2D eigenvalue weighted by atomic mass is 15.1. The lowest BCUT2D eigenvalue weighted by molar-refractivity contribution is -0.674. The van der Waals surface area contributed by atoms with Gasteiger partial charge in [0.25, 0.3) is 0 Å². The second kappa shape index (κ2) is 3.05. The second-order valence-corrected chi connectivity index (χ2v) is 3.22. The molecule has 2 nitrogen and oxygen atoms in total. The van der Waals surface area contributed by atoms with Gasteiger partial charge >= 0.3 is 0 Å². The van der Waals surface area contributed by atoms with Crippen molar-refractivity contribution in [1.82, 2.24) is 4.57 Å². The molecule has 0 unspecified atom stereocenters. The van der Waals surface area contributed by atoms with Gasteiger partial charge in [0.05, 0.1) is 12.7 Å². The summed E-state index contributed by atoms with van der Waals surface area (Å²) >= 11 is 0. The van der Waals surface area contributed by atoms with E-state index in [9.17, 15) is 0 Å². The van der Waals surface area contributed by atoms with Crippen LogP contribution in [0.2, 0.25) is 0 Å². The van der Waals surface area contributed by atoms with Gasteiger partial charge < -0.3 is 9.13 Å². The summed E-state index contributed by atoms with van der Waals surface area (Å²) < 4.78 is 3.88. The predicted molar refractivity (Wildman–Crippen MR) is 50.5 cm³/mol. The average molecular weight is 172 g/mol. The molecule has 66 valence electrons. The van der Waals surface area contributed by atoms with E-state index in [0.717, 1.165) is 5.69 Å². The summed E-state index contributed by atoms with van der Waals surface area (Å²) in [5.41, 5.74) is 2.42. The first-order valence-electron chi connectivity index (χ1n) is 4.29. The van der Waals surface area contributed by atoms with E-state index in [2.05, 4.69) is 37.5 Å². The van der Waals surface area contributed by atoms with Gasteiger partial charge in [-0.3, -0.25) is 0 Å². The molecule has 1 heterocycles. The third-order valence-electron chi connectivity index (χ3n) is 1.98. The van der Waals surface area contributed by atoms with E-state index in [4.69, 9.17) is 0 Å². The SMILES string of the molecule is Cc1cccc(-n2[c-][n+](C)cc2)c1. The molecule has 2 heteroatoms. The van der Waals surface area contributed by atoms with E-state index >= 15 is 0 Å². The molecule has 0 aliphatic rings. The maximum absolute atomic E-state index is 3.15. The van der Waals surface area contributed by atoms with Crippen molar-refractivity contribution < 1.29 is 4.57 Å². The van der Waals surface area contributed by atoms with Crippen LogP contribution in [0.15, 0.2) is 36.7 Å². The zero-order valence-corrected chi connectivity index (χ0v) is 7.86. The van der Waals surface area contributed by atoms with Gasteiger partial charge in [-0.15, -0.1) is 0 Å². The van der Waals surface area contributed by atoms with Crippen molar-refractivity contribution in [2.75, 3.05) is 0 Å². The average Bonchev–Trinajstić information content (AvgIpc) is 2.52. The van der Waals surface area contributed by atoms with Crippen LogP contribution in [-0.4, -0.2) is 4.57 Å². The summed E-state index contributed by atoms with van der Waals surface area (Å²) in [5.74, 6) is 0. The lowest BCUT2D eigenvalue weighted by atomic mass is 10.2. The van der Waals surface area contributed by atoms with E-state index in [0.29, 0.717) is 0 Å². The number of hydrogen-bond acceptors (Lipinski definition) is 0. The molecule has 0 saturated heterocycles. The molecule has 2 aromatic rings. The first kappa shape index (κ1) is 8.05. The van der Waals surface area contributed by atoms with Crippen LogP contribution < -0.4 is 4.57 Å². The Labute approximate surface area is 78.1 Å². The first-order valence-corrected chi connectivity index (χ1v) is 4.29. The van der Waals surface area contributed by atoms with Gasteiger partial charge in [0.15, 0.2) is 0 Å². The second-order valence-electron chi connectivity index (χ2n) is 3.22. The molecule has 0 atom stereocenters. The number of rotatable bonds is 1. The van der Waals surface area contributed by atoms with Crippen molar-refractivity contribution in [2.45, 2.75) is 6.92 Å². The van der Waals surface area contributed by atoms with Crippen LogP contribution in [0.25, 0.3) is 5.69 Å². The van der Waals surface area contributed by atoms with Crippen molar-refractivity contribution in [1.29, 1.82) is 0 Å². The Hall–Kier alpha value is -1.57. The lowest BCUT2D eigenvalue weighted by Gasteiger charge is -2.02. The Morgan fingerprint density at radius 2 is 2.23 bits per heavy atom. The number of benzene rings is 1. The first-order chi connectivity index (χ1) is 6.25. The van der Waals surface area contributed by atoms with Crippen LogP contribution in [0.5, 0.6) is 0 Å². The zero-order valence-electron chi connectivity index (χ0n) is 7.86. The summed E-state index contributed by atoms with van der Waals surface area (Å²) in [6.07, 6.45) is 7.12. The minimum atomic E-state index is 1.15.